The number of hydrogen-bond acceptors (Lipinski definition) is 3. The molecule has 4 rings (SSSR count). The number of benzene rings is 3. The third-order valence-electron chi connectivity index (χ3n) is 4.83. The molecule has 0 aromatic heterocycles. The van der Waals surface area contributed by atoms with Gasteiger partial charge in [-0.2, -0.15) is 0 Å². The topological polar surface area (TPSA) is 36.4 Å². The summed E-state index contributed by atoms with van der Waals surface area (Å²) in [5.74, 6) is 0.851. The number of guanidine groups is 1. The summed E-state index contributed by atoms with van der Waals surface area (Å²) >= 11 is 0. The van der Waals surface area contributed by atoms with E-state index in [0.717, 1.165) is 5.96 Å². The molecule has 1 aliphatic rings. The molecule has 0 saturated carbocycles. The van der Waals surface area contributed by atoms with Gasteiger partial charge >= 0.3 is 0 Å². The van der Waals surface area contributed by atoms with E-state index >= 15 is 0 Å². The number of hydrogen-bond donors (Lipinski definition) is 2. The second-order valence-corrected chi connectivity index (χ2v) is 6.64. The fourth-order valence-corrected chi connectivity index (χ4v) is 3.43. The molecule has 0 amide bonds. The Kier molecular flexibility index (Phi) is 4.69. The summed E-state index contributed by atoms with van der Waals surface area (Å²) < 4.78 is 0. The van der Waals surface area contributed by atoms with E-state index in [2.05, 4.69) is 90.4 Å². The molecule has 0 bridgehead atoms. The van der Waals surface area contributed by atoms with Crippen LogP contribution in [-0.2, 0) is 0 Å². The molecule has 1 heterocycles. The van der Waals surface area contributed by atoms with Gasteiger partial charge in [0.1, 0.15) is 6.04 Å². The molecule has 2 N–H and O–H groups in total. The van der Waals surface area contributed by atoms with Gasteiger partial charge in [0.2, 0.25) is 0 Å². The normalized spacial score (nSPS) is 20.1. The van der Waals surface area contributed by atoms with E-state index in [1.807, 2.05) is 18.2 Å². The van der Waals surface area contributed by atoms with Gasteiger partial charge in [0.05, 0.1) is 12.1 Å². The van der Waals surface area contributed by atoms with E-state index < -0.39 is 0 Å². The second-order valence-electron chi connectivity index (χ2n) is 6.64. The molecule has 0 aliphatic carbocycles. The average molecular weight is 341 g/mol. The zero-order chi connectivity index (χ0) is 17.8. The van der Waals surface area contributed by atoms with Gasteiger partial charge in [-0.05, 0) is 23.6 Å². The first-order valence-corrected chi connectivity index (χ1v) is 9.07. The van der Waals surface area contributed by atoms with Crippen molar-refractivity contribution in [2.75, 3.05) is 0 Å². The zero-order valence-electron chi connectivity index (χ0n) is 14.8. The highest BCUT2D eigenvalue weighted by atomic mass is 15.3. The number of nitrogens with zero attached hydrogens (tertiary/aromatic N) is 1. The minimum atomic E-state index is 0.0593. The first-order chi connectivity index (χ1) is 12.8. The minimum Gasteiger partial charge on any atom is -0.350 e. The SMILES string of the molecule is CC(NC1=NC(c2ccccc2)C(c2ccccc2)N1)c1ccccc1. The summed E-state index contributed by atoms with van der Waals surface area (Å²) in [5, 5.41) is 7.13. The molecule has 0 radical (unpaired) electrons. The lowest BCUT2D eigenvalue weighted by Crippen LogP contribution is -2.37. The molecule has 1 aliphatic heterocycles. The van der Waals surface area contributed by atoms with E-state index in [9.17, 15) is 0 Å². The smallest absolute Gasteiger partial charge is 0.193 e. The van der Waals surface area contributed by atoms with Gasteiger partial charge in [0.25, 0.3) is 0 Å². The molecule has 3 atom stereocenters. The van der Waals surface area contributed by atoms with Crippen molar-refractivity contribution in [2.24, 2.45) is 4.99 Å². The monoisotopic (exact) mass is 341 g/mol. The van der Waals surface area contributed by atoms with Crippen LogP contribution >= 0.6 is 0 Å². The minimum absolute atomic E-state index is 0.0593. The van der Waals surface area contributed by atoms with E-state index in [-0.39, 0.29) is 18.1 Å². The molecule has 130 valence electrons. The number of nitrogens with one attached hydrogen (secondary N) is 2. The predicted octanol–water partition coefficient (Wildman–Crippen LogP) is 4.78. The second kappa shape index (κ2) is 7.44. The van der Waals surface area contributed by atoms with Crippen molar-refractivity contribution in [3.63, 3.8) is 0 Å². The van der Waals surface area contributed by atoms with Crippen LogP contribution in [0.5, 0.6) is 0 Å². The van der Waals surface area contributed by atoms with Crippen LogP contribution in [0.25, 0.3) is 0 Å². The lowest BCUT2D eigenvalue weighted by molar-refractivity contribution is 0.568. The van der Waals surface area contributed by atoms with Gasteiger partial charge in [-0.15, -0.1) is 0 Å². The lowest BCUT2D eigenvalue weighted by atomic mass is 9.95. The fourth-order valence-electron chi connectivity index (χ4n) is 3.43. The third-order valence-corrected chi connectivity index (χ3v) is 4.83. The largest absolute Gasteiger partial charge is 0.350 e. The Hall–Kier alpha value is -3.07. The van der Waals surface area contributed by atoms with Crippen LogP contribution in [0.3, 0.4) is 0 Å². The quantitative estimate of drug-likeness (QED) is 0.716. The third kappa shape index (κ3) is 3.47. The lowest BCUT2D eigenvalue weighted by Gasteiger charge is -2.20. The Balaban J connectivity index is 1.60. The highest BCUT2D eigenvalue weighted by Gasteiger charge is 2.31. The first kappa shape index (κ1) is 16.4. The van der Waals surface area contributed by atoms with E-state index in [0.29, 0.717) is 0 Å². The van der Waals surface area contributed by atoms with Crippen molar-refractivity contribution in [2.45, 2.75) is 25.0 Å². The fraction of sp³-hybridized carbons (Fsp3) is 0.174. The maximum atomic E-state index is 4.98. The summed E-state index contributed by atoms with van der Waals surface area (Å²) in [6.07, 6.45) is 0. The van der Waals surface area contributed by atoms with Crippen molar-refractivity contribution in [1.29, 1.82) is 0 Å². The summed E-state index contributed by atoms with van der Waals surface area (Å²) in [6, 6.07) is 31.8. The highest BCUT2D eigenvalue weighted by molar-refractivity contribution is 5.83. The Labute approximate surface area is 154 Å². The molecule has 3 aromatic carbocycles. The molecular formula is C23H23N3. The van der Waals surface area contributed by atoms with Crippen LogP contribution in [0.1, 0.15) is 41.7 Å². The molecule has 26 heavy (non-hydrogen) atoms. The zero-order valence-corrected chi connectivity index (χ0v) is 14.8. The van der Waals surface area contributed by atoms with Crippen molar-refractivity contribution >= 4 is 5.96 Å². The van der Waals surface area contributed by atoms with Crippen LogP contribution in [0.2, 0.25) is 0 Å². The Morgan fingerprint density at radius 3 is 1.92 bits per heavy atom. The van der Waals surface area contributed by atoms with E-state index in [1.165, 1.54) is 16.7 Å². The molecule has 3 heteroatoms. The van der Waals surface area contributed by atoms with Crippen molar-refractivity contribution in [3.05, 3.63) is 108 Å². The van der Waals surface area contributed by atoms with Gasteiger partial charge < -0.3 is 10.6 Å². The van der Waals surface area contributed by atoms with Gasteiger partial charge in [-0.1, -0.05) is 91.0 Å². The van der Waals surface area contributed by atoms with Crippen LogP contribution in [0, 0.1) is 0 Å². The van der Waals surface area contributed by atoms with Gasteiger partial charge in [-0.25, -0.2) is 4.99 Å². The number of rotatable bonds is 4. The summed E-state index contributed by atoms with van der Waals surface area (Å²) in [6.45, 7) is 2.16. The summed E-state index contributed by atoms with van der Waals surface area (Å²) in [4.78, 5) is 4.98. The Morgan fingerprint density at radius 2 is 1.31 bits per heavy atom. The molecular weight excluding hydrogens is 318 g/mol. The molecule has 0 fully saturated rings. The summed E-state index contributed by atoms with van der Waals surface area (Å²) in [7, 11) is 0. The van der Waals surface area contributed by atoms with Crippen LogP contribution < -0.4 is 10.6 Å². The molecule has 3 unspecified atom stereocenters. The Bertz CT molecular complexity index is 860. The number of aliphatic imine (C=N–C) groups is 1. The van der Waals surface area contributed by atoms with Crippen molar-refractivity contribution < 1.29 is 0 Å². The first-order valence-electron chi connectivity index (χ1n) is 9.07. The average Bonchev–Trinajstić information content (AvgIpc) is 3.14. The van der Waals surface area contributed by atoms with E-state index in [1.54, 1.807) is 0 Å². The molecule has 0 spiro atoms. The molecule has 3 nitrogen and oxygen atoms in total. The molecule has 0 saturated heterocycles. The maximum absolute atomic E-state index is 4.98. The highest BCUT2D eigenvalue weighted by Crippen LogP contribution is 2.35. The Morgan fingerprint density at radius 1 is 0.769 bits per heavy atom. The van der Waals surface area contributed by atoms with Crippen molar-refractivity contribution in [1.82, 2.24) is 10.6 Å². The molecule has 3 aromatic rings. The van der Waals surface area contributed by atoms with Gasteiger partial charge in [-0.3, -0.25) is 0 Å². The van der Waals surface area contributed by atoms with Crippen LogP contribution in [0.15, 0.2) is 96.0 Å². The predicted molar refractivity (Wildman–Crippen MR) is 107 cm³/mol. The van der Waals surface area contributed by atoms with Crippen LogP contribution in [-0.4, -0.2) is 5.96 Å². The van der Waals surface area contributed by atoms with Gasteiger partial charge in [0, 0.05) is 0 Å². The van der Waals surface area contributed by atoms with Crippen LogP contribution in [0.4, 0.5) is 0 Å². The maximum Gasteiger partial charge on any atom is 0.193 e. The standard InChI is InChI=1S/C23H23N3/c1-17(18-11-5-2-6-12-18)24-23-25-21(19-13-7-3-8-14-19)22(26-23)20-15-9-4-10-16-20/h2-17,21-22H,1H3,(H2,24,25,26). The van der Waals surface area contributed by atoms with Crippen molar-refractivity contribution in [3.8, 4) is 0 Å². The van der Waals surface area contributed by atoms with E-state index in [4.69, 9.17) is 4.99 Å². The summed E-state index contributed by atoms with van der Waals surface area (Å²) in [5.41, 5.74) is 3.71. The van der Waals surface area contributed by atoms with Gasteiger partial charge in [0.15, 0.2) is 5.96 Å².